The van der Waals surface area contributed by atoms with Gasteiger partial charge in [0.1, 0.15) is 0 Å². The Morgan fingerprint density at radius 3 is 1.53 bits per heavy atom. The molecule has 6 aromatic rings. The van der Waals surface area contributed by atoms with Crippen LogP contribution in [0.25, 0.3) is 0 Å². The highest BCUT2D eigenvalue weighted by Gasteiger charge is 2.50. The highest BCUT2D eigenvalue weighted by molar-refractivity contribution is 6.19. The summed E-state index contributed by atoms with van der Waals surface area (Å²) in [5.41, 5.74) is -0.834. The number of halogens is 6. The van der Waals surface area contributed by atoms with Gasteiger partial charge in [-0.1, -0.05) is 96.5 Å². The van der Waals surface area contributed by atoms with Gasteiger partial charge in [-0.3, -0.25) is 32.9 Å². The molecule has 10 rings (SSSR count). The number of amides is 2. The van der Waals surface area contributed by atoms with Crippen LogP contribution in [0.4, 0.5) is 31.5 Å². The Balaban J connectivity index is 0.000000198. The van der Waals surface area contributed by atoms with Crippen LogP contribution in [0, 0.1) is 23.3 Å². The standard InChI is InChI=1S/C27H25F2N3O6.C23H19F2N3O3.C4H7ClO3.CH3F/c1-15(38-27(35)36-2)37-25-20(33)14-30-32-23(19-12-7-13-31(19)26(34)24(25)32)21(16-8-4-3-5-9-16)17-10-6-11-18(28)22(17)29;24-15-9-4-8-14(19(15)25)18(13-6-2-1-3-7-13)20-16-10-5-11-27(16)23(31)21-22(30)17(29)12-26-28(20)21;1-3(5)8-4(6)7-2;1-2/h3-6,8-11,14-15,19,21,23H,7,12-13H2,1-2H3;1-4,6-9,12,16,18,20,30H,5,10-11H2;3H,1-2H3;1H3/t15?,19-,21-,23-;16-,18-,20-;;/m11../s1/i;;;1D. The number of carbonyl (C=O) groups excluding carboxylic acids is 4. The van der Waals surface area contributed by atoms with Gasteiger partial charge in [-0.25, -0.2) is 27.2 Å². The maximum Gasteiger partial charge on any atom is 0.511 e. The van der Waals surface area contributed by atoms with Crippen molar-refractivity contribution in [2.24, 2.45) is 0 Å². The SMILES string of the molecule is COC(=O)OC(C)Cl.COC(=O)OC(C)Oc1c2n(ncc1=O)[C@@H]([C@H](c1ccccc1)c1cccc(F)c1F)[C@H]1CCCN1C2=O.O=C1c2c(O)c(=O)cnn2[C@@H]([C@H](c2ccccc2)c2cccc(F)c2F)[C@H]2CCCN12.[2H]CF. The molecule has 418 valence electrons. The number of benzene rings is 4. The van der Waals surface area contributed by atoms with Crippen molar-refractivity contribution in [3.63, 3.8) is 0 Å². The lowest BCUT2D eigenvalue weighted by atomic mass is 9.79. The number of hydrogen-bond donors (Lipinski definition) is 1. The Morgan fingerprint density at radius 2 is 1.09 bits per heavy atom. The minimum Gasteiger partial charge on any atom is -0.502 e. The zero-order valence-electron chi connectivity index (χ0n) is 43.8. The van der Waals surface area contributed by atoms with E-state index in [-0.39, 0.29) is 34.3 Å². The molecule has 2 saturated heterocycles. The van der Waals surface area contributed by atoms with Gasteiger partial charge in [0, 0.05) is 43.0 Å². The number of fused-ring (bicyclic) bond motifs is 4. The molecule has 0 aliphatic carbocycles. The van der Waals surface area contributed by atoms with E-state index in [1.165, 1.54) is 54.6 Å². The van der Waals surface area contributed by atoms with Crippen molar-refractivity contribution < 1.29 is 71.3 Å². The molecule has 1 N–H and O–H groups in total. The Labute approximate surface area is 455 Å². The van der Waals surface area contributed by atoms with Crippen molar-refractivity contribution in [2.75, 3.05) is 34.5 Å². The Hall–Kier alpha value is -8.34. The zero-order chi connectivity index (χ0) is 57.9. The van der Waals surface area contributed by atoms with E-state index in [9.17, 15) is 47.0 Å². The maximum atomic E-state index is 15.3. The molecule has 18 nitrogen and oxygen atoms in total. The van der Waals surface area contributed by atoms with E-state index in [2.05, 4.69) is 24.4 Å². The van der Waals surface area contributed by atoms with Gasteiger partial charge >= 0.3 is 12.3 Å². The predicted molar refractivity (Wildman–Crippen MR) is 274 cm³/mol. The van der Waals surface area contributed by atoms with E-state index >= 15 is 8.78 Å². The first-order chi connectivity index (χ1) is 38.4. The molecule has 2 fully saturated rings. The normalized spacial score (nSPS) is 19.2. The molecule has 24 heteroatoms. The van der Waals surface area contributed by atoms with E-state index in [1.807, 2.05) is 24.3 Å². The van der Waals surface area contributed by atoms with E-state index < -0.39 is 113 Å². The summed E-state index contributed by atoms with van der Waals surface area (Å²) >= 11 is 5.23. The van der Waals surface area contributed by atoms with E-state index in [1.54, 1.807) is 46.2 Å². The molecule has 2 aromatic heterocycles. The molecule has 0 bridgehead atoms. The van der Waals surface area contributed by atoms with Crippen molar-refractivity contribution in [1.29, 1.82) is 0 Å². The fraction of sp³-hybridized carbons (Fsp3) is 0.345. The van der Waals surface area contributed by atoms with Gasteiger partial charge in [0.25, 0.3) is 11.8 Å². The Bertz CT molecular complexity index is 3310. The highest BCUT2D eigenvalue weighted by Crippen LogP contribution is 2.48. The van der Waals surface area contributed by atoms with Gasteiger partial charge in [0.2, 0.25) is 22.9 Å². The predicted octanol–water partition coefficient (Wildman–Crippen LogP) is 9.18. The number of aromatic nitrogens is 4. The van der Waals surface area contributed by atoms with Crippen molar-refractivity contribution in [3.8, 4) is 11.5 Å². The number of methoxy groups -OCH3 is 2. The van der Waals surface area contributed by atoms with Crippen LogP contribution >= 0.6 is 11.6 Å². The van der Waals surface area contributed by atoms with Gasteiger partial charge < -0.3 is 38.6 Å². The first kappa shape index (κ1) is 56.9. The first-order valence-electron chi connectivity index (χ1n) is 25.3. The third kappa shape index (κ3) is 12.2. The van der Waals surface area contributed by atoms with Crippen LogP contribution in [0.1, 0.15) is 108 Å². The van der Waals surface area contributed by atoms with Gasteiger partial charge in [0.15, 0.2) is 46.0 Å². The van der Waals surface area contributed by atoms with Gasteiger partial charge in [0.05, 0.1) is 59.3 Å². The molecule has 4 aliphatic heterocycles. The molecule has 8 atom stereocenters. The van der Waals surface area contributed by atoms with Crippen LogP contribution in [0.5, 0.6) is 11.5 Å². The molecule has 2 amide bonds. The molecule has 4 aliphatic rings. The number of hydrogen-bond acceptors (Lipinski definition) is 14. The van der Waals surface area contributed by atoms with E-state index in [4.69, 9.17) is 22.4 Å². The third-order valence-corrected chi connectivity index (χ3v) is 13.7. The fourth-order valence-corrected chi connectivity index (χ4v) is 10.6. The summed E-state index contributed by atoms with van der Waals surface area (Å²) in [5.74, 6) is -7.40. The van der Waals surface area contributed by atoms with E-state index in [0.29, 0.717) is 43.5 Å². The van der Waals surface area contributed by atoms with Gasteiger partial charge in [-0.2, -0.15) is 10.2 Å². The first-order valence-corrected chi connectivity index (χ1v) is 25.0. The zero-order valence-corrected chi connectivity index (χ0v) is 43.6. The second-order valence-corrected chi connectivity index (χ2v) is 18.7. The lowest BCUT2D eigenvalue weighted by Crippen LogP contribution is -2.51. The number of carbonyl (C=O) groups is 4. The van der Waals surface area contributed by atoms with Gasteiger partial charge in [-0.05, 0) is 55.9 Å². The number of ether oxygens (including phenoxy) is 5. The average molecular weight is 1120 g/mol. The monoisotopic (exact) mass is 1120 g/mol. The van der Waals surface area contributed by atoms with Gasteiger partial charge in [-0.15, -0.1) is 0 Å². The van der Waals surface area contributed by atoms with Crippen LogP contribution in [0.15, 0.2) is 119 Å². The molecule has 6 heterocycles. The molecule has 0 saturated carbocycles. The van der Waals surface area contributed by atoms with Crippen molar-refractivity contribution >= 4 is 35.7 Å². The molecule has 0 spiro atoms. The second-order valence-electron chi connectivity index (χ2n) is 18.1. The molecule has 4 aromatic carbocycles. The summed E-state index contributed by atoms with van der Waals surface area (Å²) in [4.78, 5) is 76.5. The smallest absolute Gasteiger partial charge is 0.502 e. The number of rotatable bonds is 10. The summed E-state index contributed by atoms with van der Waals surface area (Å²) < 4.78 is 101. The average Bonchev–Trinajstić information content (AvgIpc) is 4.31. The number of aromatic hydroxyl groups is 1. The minimum absolute atomic E-state index is 0.0960. The fourth-order valence-electron chi connectivity index (χ4n) is 10.5. The third-order valence-electron chi connectivity index (χ3n) is 13.6. The van der Waals surface area contributed by atoms with Crippen LogP contribution in [-0.2, 0) is 18.9 Å². The lowest BCUT2D eigenvalue weighted by molar-refractivity contribution is -0.0488. The summed E-state index contributed by atoms with van der Waals surface area (Å²) in [7, 11) is 1.34. The molecule has 0 radical (unpaired) electrons. The number of nitrogens with zero attached hydrogens (tertiary/aromatic N) is 6. The molecule has 79 heavy (non-hydrogen) atoms. The van der Waals surface area contributed by atoms with E-state index in [0.717, 1.165) is 38.1 Å². The van der Waals surface area contributed by atoms with Crippen LogP contribution in [0.3, 0.4) is 0 Å². The summed E-state index contributed by atoms with van der Waals surface area (Å²) in [5, 5.41) is 18.9. The summed E-state index contributed by atoms with van der Waals surface area (Å²) in [6.45, 7) is 3.75. The maximum absolute atomic E-state index is 15.3. The quantitative estimate of drug-likeness (QED) is 0.0587. The van der Waals surface area contributed by atoms with Crippen molar-refractivity contribution in [2.45, 2.75) is 87.4 Å². The van der Waals surface area contributed by atoms with Crippen LogP contribution < -0.4 is 15.6 Å². The summed E-state index contributed by atoms with van der Waals surface area (Å²) in [6.07, 6.45) is 1.54. The molecule has 2 unspecified atom stereocenters. The summed E-state index contributed by atoms with van der Waals surface area (Å²) in [6, 6.07) is 24.0. The highest BCUT2D eigenvalue weighted by atomic mass is 35.5. The second kappa shape index (κ2) is 25.9. The number of alkyl halides is 2. The van der Waals surface area contributed by atoms with Crippen LogP contribution in [-0.4, -0.2) is 117 Å². The Morgan fingerprint density at radius 1 is 0.658 bits per heavy atom. The molecular weight excluding hydrogens is 1070 g/mol. The lowest BCUT2D eigenvalue weighted by Gasteiger charge is -2.43. The topological polar surface area (TPSA) is 211 Å². The Kier molecular flexibility index (Phi) is 18.6. The largest absolute Gasteiger partial charge is 0.511 e. The molecular formula is C55H54ClF5N6O12. The minimum atomic E-state index is -1.27. The van der Waals surface area contributed by atoms with Crippen LogP contribution in [0.2, 0.25) is 0 Å². The van der Waals surface area contributed by atoms with Crippen molar-refractivity contribution in [3.05, 3.63) is 187 Å². The van der Waals surface area contributed by atoms with Crippen molar-refractivity contribution in [1.82, 2.24) is 29.4 Å².